The molecular formula is C14H8F3N4O3-. The average molecular weight is 337 g/mol. The number of hydrogen-bond acceptors (Lipinski definition) is 6. The Hall–Kier alpha value is -3.17. The van der Waals surface area contributed by atoms with Gasteiger partial charge in [-0.15, -0.1) is 5.10 Å². The predicted octanol–water partition coefficient (Wildman–Crippen LogP) is 1.18. The fraction of sp³-hybridized carbons (Fsp3) is 0.143. The first-order valence-electron chi connectivity index (χ1n) is 6.50. The highest BCUT2D eigenvalue weighted by Crippen LogP contribution is 2.32. The standard InChI is InChI=1S/C14H9F3N4O3/c1-24-8-4-2-7(3-5-8)9-6-10(14(15,16)17)21-13(18-9)19-11(20-21)12(22)23/h2-6H,1H3,(H,22,23)/p-1. The molecule has 0 radical (unpaired) electrons. The fourth-order valence-electron chi connectivity index (χ4n) is 2.07. The van der Waals surface area contributed by atoms with E-state index in [1.54, 1.807) is 12.1 Å². The molecule has 0 N–H and O–H groups in total. The molecule has 0 unspecified atom stereocenters. The number of carboxylic acids is 1. The topological polar surface area (TPSA) is 92.4 Å². The van der Waals surface area contributed by atoms with Crippen LogP contribution in [-0.4, -0.2) is 32.7 Å². The fourth-order valence-corrected chi connectivity index (χ4v) is 2.07. The monoisotopic (exact) mass is 337 g/mol. The lowest BCUT2D eigenvalue weighted by atomic mass is 10.1. The van der Waals surface area contributed by atoms with Crippen molar-refractivity contribution in [3.05, 3.63) is 41.9 Å². The number of aromatic nitrogens is 4. The summed E-state index contributed by atoms with van der Waals surface area (Å²) in [5.74, 6) is -2.63. The summed E-state index contributed by atoms with van der Waals surface area (Å²) in [6.45, 7) is 0. The number of aromatic carboxylic acids is 1. The Morgan fingerprint density at radius 1 is 1.21 bits per heavy atom. The highest BCUT2D eigenvalue weighted by atomic mass is 19.4. The Labute approximate surface area is 132 Å². The van der Waals surface area contributed by atoms with Crippen LogP contribution in [0.4, 0.5) is 13.2 Å². The second kappa shape index (κ2) is 5.48. The third kappa shape index (κ3) is 2.73. The lowest BCUT2D eigenvalue weighted by Crippen LogP contribution is -2.24. The number of carbonyl (C=O) groups is 1. The van der Waals surface area contributed by atoms with Crippen LogP contribution in [0.25, 0.3) is 17.0 Å². The second-order valence-electron chi connectivity index (χ2n) is 4.69. The lowest BCUT2D eigenvalue weighted by Gasteiger charge is -2.10. The van der Waals surface area contributed by atoms with Crippen molar-refractivity contribution >= 4 is 11.7 Å². The van der Waals surface area contributed by atoms with Crippen molar-refractivity contribution < 1.29 is 27.8 Å². The van der Waals surface area contributed by atoms with Crippen LogP contribution in [-0.2, 0) is 6.18 Å². The van der Waals surface area contributed by atoms with Gasteiger partial charge in [-0.25, -0.2) is 4.98 Å². The first-order valence-corrected chi connectivity index (χ1v) is 6.50. The smallest absolute Gasteiger partial charge is 0.433 e. The van der Waals surface area contributed by atoms with Crippen molar-refractivity contribution in [3.8, 4) is 17.0 Å². The van der Waals surface area contributed by atoms with Crippen LogP contribution in [0.5, 0.6) is 5.75 Å². The minimum Gasteiger partial charge on any atom is -0.541 e. The first-order chi connectivity index (χ1) is 11.3. The number of alkyl halides is 3. The van der Waals surface area contributed by atoms with Crippen molar-refractivity contribution in [2.45, 2.75) is 6.18 Å². The summed E-state index contributed by atoms with van der Waals surface area (Å²) in [5, 5.41) is 14.1. The summed E-state index contributed by atoms with van der Waals surface area (Å²) in [4.78, 5) is 18.2. The van der Waals surface area contributed by atoms with Gasteiger partial charge in [0, 0.05) is 5.56 Å². The minimum atomic E-state index is -4.78. The molecule has 0 aliphatic heterocycles. The normalized spacial score (nSPS) is 11.7. The van der Waals surface area contributed by atoms with E-state index in [1.807, 2.05) is 0 Å². The van der Waals surface area contributed by atoms with Crippen LogP contribution in [0, 0.1) is 0 Å². The van der Waals surface area contributed by atoms with E-state index in [2.05, 4.69) is 15.1 Å². The number of fused-ring (bicyclic) bond motifs is 1. The number of carboxylic acid groups (broad SMARTS) is 1. The molecular weight excluding hydrogens is 329 g/mol. The molecule has 0 amide bonds. The van der Waals surface area contributed by atoms with Crippen molar-refractivity contribution in [2.24, 2.45) is 0 Å². The quantitative estimate of drug-likeness (QED) is 0.713. The zero-order valence-corrected chi connectivity index (χ0v) is 12.0. The predicted molar refractivity (Wildman–Crippen MR) is 72.1 cm³/mol. The highest BCUT2D eigenvalue weighted by molar-refractivity contribution is 5.81. The Morgan fingerprint density at radius 2 is 1.88 bits per heavy atom. The lowest BCUT2D eigenvalue weighted by molar-refractivity contribution is -0.256. The Morgan fingerprint density at radius 3 is 2.42 bits per heavy atom. The largest absolute Gasteiger partial charge is 0.541 e. The molecule has 3 aromatic rings. The Balaban J connectivity index is 2.23. The molecule has 0 bridgehead atoms. The van der Waals surface area contributed by atoms with Gasteiger partial charge in [0.25, 0.3) is 5.78 Å². The van der Waals surface area contributed by atoms with E-state index >= 15 is 0 Å². The van der Waals surface area contributed by atoms with E-state index in [9.17, 15) is 23.1 Å². The summed E-state index contributed by atoms with van der Waals surface area (Å²) in [5.41, 5.74) is -0.852. The van der Waals surface area contributed by atoms with Gasteiger partial charge in [-0.2, -0.15) is 22.7 Å². The molecule has 24 heavy (non-hydrogen) atoms. The molecule has 0 saturated heterocycles. The number of nitrogens with zero attached hydrogens (tertiary/aromatic N) is 4. The van der Waals surface area contributed by atoms with Gasteiger partial charge in [0.15, 0.2) is 11.5 Å². The first kappa shape index (κ1) is 15.7. The van der Waals surface area contributed by atoms with Gasteiger partial charge < -0.3 is 14.6 Å². The van der Waals surface area contributed by atoms with Gasteiger partial charge in [-0.05, 0) is 30.3 Å². The Kier molecular flexibility index (Phi) is 3.59. The van der Waals surface area contributed by atoms with Crippen LogP contribution in [0.2, 0.25) is 0 Å². The third-order valence-electron chi connectivity index (χ3n) is 3.17. The average Bonchev–Trinajstić information content (AvgIpc) is 2.97. The van der Waals surface area contributed by atoms with Gasteiger partial charge >= 0.3 is 6.18 Å². The summed E-state index contributed by atoms with van der Waals surface area (Å²) in [6.07, 6.45) is -4.78. The van der Waals surface area contributed by atoms with Crippen molar-refractivity contribution in [1.82, 2.24) is 19.6 Å². The molecule has 10 heteroatoms. The third-order valence-corrected chi connectivity index (χ3v) is 3.17. The summed E-state index contributed by atoms with van der Waals surface area (Å²) >= 11 is 0. The highest BCUT2D eigenvalue weighted by Gasteiger charge is 2.35. The molecule has 7 nitrogen and oxygen atoms in total. The number of benzene rings is 1. The Bertz CT molecular complexity index is 919. The van der Waals surface area contributed by atoms with E-state index in [1.165, 1.54) is 19.2 Å². The maximum absolute atomic E-state index is 13.2. The van der Waals surface area contributed by atoms with E-state index in [-0.39, 0.29) is 5.69 Å². The molecule has 0 fully saturated rings. The number of ether oxygens (including phenoxy) is 1. The van der Waals surface area contributed by atoms with Crippen molar-refractivity contribution in [3.63, 3.8) is 0 Å². The molecule has 3 rings (SSSR count). The second-order valence-corrected chi connectivity index (χ2v) is 4.69. The van der Waals surface area contributed by atoms with E-state index in [0.717, 1.165) is 6.07 Å². The summed E-state index contributed by atoms with van der Waals surface area (Å²) < 4.78 is 45.0. The van der Waals surface area contributed by atoms with Crippen LogP contribution in [0.15, 0.2) is 30.3 Å². The van der Waals surface area contributed by atoms with E-state index in [0.29, 0.717) is 15.8 Å². The number of carbonyl (C=O) groups excluding carboxylic acids is 1. The maximum Gasteiger partial charge on any atom is 0.433 e. The molecule has 2 heterocycles. The van der Waals surface area contributed by atoms with Gasteiger partial charge in [0.1, 0.15) is 11.7 Å². The maximum atomic E-state index is 13.2. The van der Waals surface area contributed by atoms with Crippen LogP contribution < -0.4 is 9.84 Å². The molecule has 124 valence electrons. The molecule has 0 saturated carbocycles. The van der Waals surface area contributed by atoms with E-state index < -0.39 is 29.4 Å². The number of methoxy groups -OCH3 is 1. The van der Waals surface area contributed by atoms with Crippen LogP contribution >= 0.6 is 0 Å². The molecule has 2 aromatic heterocycles. The van der Waals surface area contributed by atoms with Crippen molar-refractivity contribution in [1.29, 1.82) is 0 Å². The van der Waals surface area contributed by atoms with Gasteiger partial charge in [-0.3, -0.25) is 0 Å². The number of halogens is 3. The van der Waals surface area contributed by atoms with Gasteiger partial charge in [0.2, 0.25) is 0 Å². The zero-order chi connectivity index (χ0) is 17.5. The molecule has 1 aromatic carbocycles. The molecule has 0 atom stereocenters. The molecule has 0 spiro atoms. The van der Waals surface area contributed by atoms with Crippen LogP contribution in [0.1, 0.15) is 16.3 Å². The van der Waals surface area contributed by atoms with Gasteiger partial charge in [0.05, 0.1) is 12.8 Å². The van der Waals surface area contributed by atoms with Crippen LogP contribution in [0.3, 0.4) is 0 Å². The summed E-state index contributed by atoms with van der Waals surface area (Å²) in [6, 6.07) is 6.93. The summed E-state index contributed by atoms with van der Waals surface area (Å²) in [7, 11) is 1.46. The number of hydrogen-bond donors (Lipinski definition) is 0. The number of rotatable bonds is 3. The molecule has 0 aliphatic rings. The zero-order valence-electron chi connectivity index (χ0n) is 12.0. The van der Waals surface area contributed by atoms with Gasteiger partial charge in [-0.1, -0.05) is 0 Å². The SMILES string of the molecule is COc1ccc(-c2cc(C(F)(F)F)n3nc(C(=O)[O-])nc3n2)cc1. The van der Waals surface area contributed by atoms with E-state index in [4.69, 9.17) is 4.74 Å². The van der Waals surface area contributed by atoms with Crippen molar-refractivity contribution in [2.75, 3.05) is 7.11 Å². The minimum absolute atomic E-state index is 0.0326. The molecule has 0 aliphatic carbocycles.